The fraction of sp³-hybridized carbons (Fsp3) is 0.812. The van der Waals surface area contributed by atoms with Crippen LogP contribution < -0.4 is 5.73 Å². The summed E-state index contributed by atoms with van der Waals surface area (Å²) in [5, 5.41) is 4.64. The molecule has 20 heavy (non-hydrogen) atoms. The van der Waals surface area contributed by atoms with Crippen LogP contribution in [0.1, 0.15) is 51.3 Å². The minimum absolute atomic E-state index is 0.266. The van der Waals surface area contributed by atoms with Gasteiger partial charge in [0, 0.05) is 36.8 Å². The fourth-order valence-corrected chi connectivity index (χ4v) is 3.99. The van der Waals surface area contributed by atoms with E-state index in [4.69, 9.17) is 5.73 Å². The Morgan fingerprint density at radius 2 is 1.95 bits per heavy atom. The third-order valence-electron chi connectivity index (χ3n) is 5.38. The van der Waals surface area contributed by atoms with Crippen LogP contribution in [0.5, 0.6) is 0 Å². The van der Waals surface area contributed by atoms with Gasteiger partial charge in [-0.05, 0) is 58.6 Å². The van der Waals surface area contributed by atoms with Crippen LogP contribution in [0.4, 0.5) is 0 Å². The summed E-state index contributed by atoms with van der Waals surface area (Å²) in [6.07, 6.45) is 8.29. The molecule has 1 aromatic heterocycles. The highest BCUT2D eigenvalue weighted by Crippen LogP contribution is 2.38. The molecule has 112 valence electrons. The highest BCUT2D eigenvalue weighted by Gasteiger charge is 2.40. The Hall–Kier alpha value is -0.870. The average Bonchev–Trinajstić information content (AvgIpc) is 2.92. The van der Waals surface area contributed by atoms with Crippen molar-refractivity contribution >= 4 is 0 Å². The number of aromatic nitrogens is 2. The van der Waals surface area contributed by atoms with Gasteiger partial charge in [0.05, 0.1) is 5.69 Å². The predicted octanol–water partition coefficient (Wildman–Crippen LogP) is 2.21. The zero-order valence-corrected chi connectivity index (χ0v) is 13.0. The Balaban J connectivity index is 1.60. The van der Waals surface area contributed by atoms with Crippen molar-refractivity contribution in [3.63, 3.8) is 0 Å². The van der Waals surface area contributed by atoms with E-state index in [1.165, 1.54) is 25.7 Å². The Morgan fingerprint density at radius 3 is 2.50 bits per heavy atom. The summed E-state index contributed by atoms with van der Waals surface area (Å²) < 4.78 is 2.03. The number of rotatable bonds is 4. The van der Waals surface area contributed by atoms with E-state index in [1.54, 1.807) is 0 Å². The molecule has 0 aliphatic carbocycles. The molecule has 3 heterocycles. The van der Waals surface area contributed by atoms with E-state index in [2.05, 4.69) is 43.2 Å². The van der Waals surface area contributed by atoms with Gasteiger partial charge in [-0.2, -0.15) is 5.10 Å². The standard InChI is InChI=1S/C16H28N4/c1-11(2)20-7-6-13(18-20)10-16(17)12-8-14-4-5-15(9-12)19(14)3/h6-7,11-12,14-16H,4-5,8-10,17H2,1-3H3. The van der Waals surface area contributed by atoms with Crippen LogP contribution in [0.25, 0.3) is 0 Å². The number of nitrogens with two attached hydrogens (primary N) is 1. The van der Waals surface area contributed by atoms with Gasteiger partial charge in [0.25, 0.3) is 0 Å². The van der Waals surface area contributed by atoms with E-state index in [0.717, 1.165) is 24.2 Å². The first kappa shape index (κ1) is 14.1. The van der Waals surface area contributed by atoms with Gasteiger partial charge < -0.3 is 10.6 Å². The number of hydrogen-bond donors (Lipinski definition) is 1. The number of fused-ring (bicyclic) bond motifs is 2. The van der Waals surface area contributed by atoms with Gasteiger partial charge in [-0.3, -0.25) is 4.68 Å². The topological polar surface area (TPSA) is 47.1 Å². The normalized spacial score (nSPS) is 31.9. The largest absolute Gasteiger partial charge is 0.327 e. The van der Waals surface area contributed by atoms with Gasteiger partial charge in [0.15, 0.2) is 0 Å². The maximum absolute atomic E-state index is 6.50. The Labute approximate surface area is 122 Å². The van der Waals surface area contributed by atoms with Gasteiger partial charge in [0.2, 0.25) is 0 Å². The molecule has 1 aromatic rings. The molecule has 0 spiro atoms. The van der Waals surface area contributed by atoms with Gasteiger partial charge >= 0.3 is 0 Å². The lowest BCUT2D eigenvalue weighted by atomic mass is 9.84. The Kier molecular flexibility index (Phi) is 3.87. The summed E-state index contributed by atoms with van der Waals surface area (Å²) in [6, 6.07) is 4.38. The van der Waals surface area contributed by atoms with Crippen LogP contribution in [0, 0.1) is 5.92 Å². The monoisotopic (exact) mass is 276 g/mol. The lowest BCUT2D eigenvalue weighted by molar-refractivity contribution is 0.120. The highest BCUT2D eigenvalue weighted by molar-refractivity contribution is 5.04. The second-order valence-electron chi connectivity index (χ2n) is 7.03. The van der Waals surface area contributed by atoms with E-state index < -0.39 is 0 Å². The smallest absolute Gasteiger partial charge is 0.0640 e. The first-order valence-corrected chi connectivity index (χ1v) is 8.06. The molecule has 2 aliphatic heterocycles. The molecule has 4 nitrogen and oxygen atoms in total. The van der Waals surface area contributed by atoms with Crippen molar-refractivity contribution in [2.75, 3.05) is 7.05 Å². The maximum Gasteiger partial charge on any atom is 0.0640 e. The first-order valence-electron chi connectivity index (χ1n) is 8.06. The second-order valence-corrected chi connectivity index (χ2v) is 7.03. The van der Waals surface area contributed by atoms with Crippen LogP contribution in [-0.2, 0) is 6.42 Å². The highest BCUT2D eigenvalue weighted by atomic mass is 15.3. The third kappa shape index (κ3) is 2.63. The molecule has 0 saturated carbocycles. The molecule has 2 aliphatic rings. The number of hydrogen-bond acceptors (Lipinski definition) is 3. The molecular weight excluding hydrogens is 248 g/mol. The van der Waals surface area contributed by atoms with Crippen LogP contribution in [0.3, 0.4) is 0 Å². The number of nitrogens with zero attached hydrogens (tertiary/aromatic N) is 3. The Morgan fingerprint density at radius 1 is 1.30 bits per heavy atom. The van der Waals surface area contributed by atoms with Crippen LogP contribution in [-0.4, -0.2) is 39.9 Å². The molecular formula is C16H28N4. The maximum atomic E-state index is 6.50. The van der Waals surface area contributed by atoms with Crippen LogP contribution in [0.15, 0.2) is 12.3 Å². The number of piperidine rings is 1. The molecule has 2 bridgehead atoms. The summed E-state index contributed by atoms with van der Waals surface area (Å²) in [5.41, 5.74) is 7.65. The predicted molar refractivity (Wildman–Crippen MR) is 81.6 cm³/mol. The lowest BCUT2D eigenvalue weighted by Crippen LogP contribution is -2.46. The summed E-state index contributed by atoms with van der Waals surface area (Å²) in [4.78, 5) is 2.58. The van der Waals surface area contributed by atoms with Gasteiger partial charge in [-0.25, -0.2) is 0 Å². The fourth-order valence-electron chi connectivity index (χ4n) is 3.99. The van der Waals surface area contributed by atoms with Crippen molar-refractivity contribution in [1.29, 1.82) is 0 Å². The van der Waals surface area contributed by atoms with Crippen LogP contribution >= 0.6 is 0 Å². The molecule has 0 radical (unpaired) electrons. The average molecular weight is 276 g/mol. The van der Waals surface area contributed by atoms with Gasteiger partial charge in [-0.1, -0.05) is 0 Å². The molecule has 3 unspecified atom stereocenters. The molecule has 0 amide bonds. The van der Waals surface area contributed by atoms with E-state index in [-0.39, 0.29) is 6.04 Å². The van der Waals surface area contributed by atoms with Crippen molar-refractivity contribution in [1.82, 2.24) is 14.7 Å². The van der Waals surface area contributed by atoms with E-state index in [9.17, 15) is 0 Å². The first-order chi connectivity index (χ1) is 9.54. The summed E-state index contributed by atoms with van der Waals surface area (Å²) >= 11 is 0. The lowest BCUT2D eigenvalue weighted by Gasteiger charge is -2.38. The molecule has 3 atom stereocenters. The zero-order chi connectivity index (χ0) is 14.3. The quantitative estimate of drug-likeness (QED) is 0.917. The molecule has 0 aromatic carbocycles. The van der Waals surface area contributed by atoms with Crippen molar-refractivity contribution < 1.29 is 0 Å². The third-order valence-corrected chi connectivity index (χ3v) is 5.38. The molecule has 2 saturated heterocycles. The van der Waals surface area contributed by atoms with Gasteiger partial charge in [-0.15, -0.1) is 0 Å². The SMILES string of the molecule is CC(C)n1ccc(CC(N)C2CC3CCC(C2)N3C)n1. The molecule has 3 rings (SSSR count). The van der Waals surface area contributed by atoms with Crippen molar-refractivity contribution in [2.24, 2.45) is 11.7 Å². The van der Waals surface area contributed by atoms with E-state index >= 15 is 0 Å². The Bertz CT molecular complexity index is 439. The van der Waals surface area contributed by atoms with E-state index in [0.29, 0.717) is 12.0 Å². The molecule has 2 N–H and O–H groups in total. The minimum atomic E-state index is 0.266. The minimum Gasteiger partial charge on any atom is -0.327 e. The van der Waals surface area contributed by atoms with Gasteiger partial charge in [0.1, 0.15) is 0 Å². The van der Waals surface area contributed by atoms with Crippen LogP contribution in [0.2, 0.25) is 0 Å². The molecule has 4 heteroatoms. The zero-order valence-electron chi connectivity index (χ0n) is 13.0. The summed E-state index contributed by atoms with van der Waals surface area (Å²) in [6.45, 7) is 4.32. The van der Waals surface area contributed by atoms with Crippen molar-refractivity contribution in [3.8, 4) is 0 Å². The summed E-state index contributed by atoms with van der Waals surface area (Å²) in [5.74, 6) is 0.674. The van der Waals surface area contributed by atoms with E-state index in [1.807, 2.05) is 4.68 Å². The summed E-state index contributed by atoms with van der Waals surface area (Å²) in [7, 11) is 2.29. The van der Waals surface area contributed by atoms with Crippen molar-refractivity contribution in [3.05, 3.63) is 18.0 Å². The van der Waals surface area contributed by atoms with Crippen molar-refractivity contribution in [2.45, 2.75) is 70.1 Å². The second kappa shape index (κ2) is 5.49. The molecule has 2 fully saturated rings.